The molecule has 0 radical (unpaired) electrons. The van der Waals surface area contributed by atoms with Gasteiger partial charge in [-0.1, -0.05) is 12.1 Å². The molecule has 0 saturated heterocycles. The van der Waals surface area contributed by atoms with Crippen LogP contribution < -0.4 is 10.6 Å². The molecule has 0 fully saturated rings. The highest BCUT2D eigenvalue weighted by Crippen LogP contribution is 2.05. The van der Waals surface area contributed by atoms with Crippen LogP contribution in [0.15, 0.2) is 36.4 Å². The first-order valence-electron chi connectivity index (χ1n) is 9.39. The standard InChI is InChI=1S/C20H20N4O6/c25-17-13-5-1-6-14(23-13)18(26)22-10-4-12-30-20(28)16-8-2-7-15(24-16)19(27)29-11-3-9-21-17/h1-2,5-8H,3-4,9-12H2,(H,21,25)(H,22,26). The molecule has 156 valence electrons. The van der Waals surface area contributed by atoms with Crippen LogP contribution in [0, 0.1) is 0 Å². The average molecular weight is 412 g/mol. The molecule has 0 saturated carbocycles. The third-order valence-electron chi connectivity index (χ3n) is 4.06. The summed E-state index contributed by atoms with van der Waals surface area (Å²) in [6.45, 7) is 0.574. The minimum Gasteiger partial charge on any atom is -0.461 e. The lowest BCUT2D eigenvalue weighted by molar-refractivity contribution is 0.0486. The van der Waals surface area contributed by atoms with Crippen molar-refractivity contribution in [2.45, 2.75) is 12.8 Å². The number of ether oxygens (including phenoxy) is 2. The van der Waals surface area contributed by atoms with Gasteiger partial charge >= 0.3 is 11.9 Å². The van der Waals surface area contributed by atoms with E-state index in [0.29, 0.717) is 12.8 Å². The average Bonchev–Trinajstić information content (AvgIpc) is 2.77. The van der Waals surface area contributed by atoms with Gasteiger partial charge in [0.15, 0.2) is 0 Å². The Morgan fingerprint density at radius 1 is 0.633 bits per heavy atom. The van der Waals surface area contributed by atoms with Crippen molar-refractivity contribution in [1.82, 2.24) is 20.6 Å². The van der Waals surface area contributed by atoms with Crippen LogP contribution in [0.3, 0.4) is 0 Å². The van der Waals surface area contributed by atoms with Crippen LogP contribution in [0.2, 0.25) is 0 Å². The van der Waals surface area contributed by atoms with Gasteiger partial charge in [0.2, 0.25) is 0 Å². The number of carbonyl (C=O) groups is 4. The molecule has 3 heterocycles. The van der Waals surface area contributed by atoms with E-state index in [-0.39, 0.29) is 49.1 Å². The third-order valence-corrected chi connectivity index (χ3v) is 4.06. The predicted octanol–water partition coefficient (Wildman–Crippen LogP) is 0.744. The van der Waals surface area contributed by atoms with E-state index >= 15 is 0 Å². The minimum absolute atomic E-state index is 0.0174. The Morgan fingerprint density at radius 2 is 1.03 bits per heavy atom. The lowest BCUT2D eigenvalue weighted by atomic mass is 10.2. The van der Waals surface area contributed by atoms with E-state index in [2.05, 4.69) is 20.6 Å². The molecule has 0 spiro atoms. The van der Waals surface area contributed by atoms with E-state index in [1.807, 2.05) is 0 Å². The Kier molecular flexibility index (Phi) is 7.04. The van der Waals surface area contributed by atoms with Crippen LogP contribution in [0.25, 0.3) is 0 Å². The molecular formula is C20H20N4O6. The number of carbonyl (C=O) groups excluding carboxylic acids is 4. The maximum Gasteiger partial charge on any atom is 0.356 e. The normalized spacial score (nSPS) is 16.5. The molecule has 10 nitrogen and oxygen atoms in total. The molecule has 1 aliphatic heterocycles. The van der Waals surface area contributed by atoms with Gasteiger partial charge in [-0.3, -0.25) is 9.59 Å². The first-order valence-corrected chi connectivity index (χ1v) is 9.39. The summed E-state index contributed by atoms with van der Waals surface area (Å²) in [4.78, 5) is 56.6. The predicted molar refractivity (Wildman–Crippen MR) is 103 cm³/mol. The number of pyridine rings is 2. The topological polar surface area (TPSA) is 137 Å². The molecule has 0 aliphatic carbocycles. The molecule has 10 heteroatoms. The van der Waals surface area contributed by atoms with Crippen molar-refractivity contribution in [2.24, 2.45) is 0 Å². The summed E-state index contributed by atoms with van der Waals surface area (Å²) in [6.07, 6.45) is 0.721. The Bertz CT molecular complexity index is 818. The number of fused-ring (bicyclic) bond motifs is 4. The SMILES string of the molecule is O=C1NCCCOC(=O)c2cccc(n2)C(=O)OCCCNC(=O)c2cccc1n2. The summed E-state index contributed by atoms with van der Waals surface area (Å²) < 4.78 is 10.2. The number of esters is 2. The number of hydrogen-bond donors (Lipinski definition) is 2. The zero-order valence-corrected chi connectivity index (χ0v) is 16.1. The van der Waals surface area contributed by atoms with Gasteiger partial charge in [0.05, 0.1) is 13.2 Å². The van der Waals surface area contributed by atoms with Crippen molar-refractivity contribution in [1.29, 1.82) is 0 Å². The molecule has 2 aromatic rings. The van der Waals surface area contributed by atoms with E-state index in [1.165, 1.54) is 30.3 Å². The number of rotatable bonds is 0. The largest absolute Gasteiger partial charge is 0.461 e. The first-order chi connectivity index (χ1) is 14.5. The van der Waals surface area contributed by atoms with E-state index < -0.39 is 23.8 Å². The minimum atomic E-state index is -0.678. The molecule has 0 unspecified atom stereocenters. The summed E-state index contributed by atoms with van der Waals surface area (Å²) in [7, 11) is 0. The third kappa shape index (κ3) is 5.60. The van der Waals surface area contributed by atoms with Gasteiger partial charge in [0.1, 0.15) is 22.8 Å². The number of nitrogens with zero attached hydrogens (tertiary/aromatic N) is 2. The second kappa shape index (κ2) is 10.1. The van der Waals surface area contributed by atoms with E-state index in [9.17, 15) is 19.2 Å². The van der Waals surface area contributed by atoms with Gasteiger partial charge in [-0.05, 0) is 37.1 Å². The number of nitrogens with one attached hydrogen (secondary N) is 2. The van der Waals surface area contributed by atoms with Gasteiger partial charge in [0.25, 0.3) is 11.8 Å². The Balaban J connectivity index is 1.71. The molecule has 30 heavy (non-hydrogen) atoms. The smallest absolute Gasteiger partial charge is 0.356 e. The van der Waals surface area contributed by atoms with Crippen LogP contribution in [0.4, 0.5) is 0 Å². The van der Waals surface area contributed by atoms with Crippen LogP contribution in [0.1, 0.15) is 54.8 Å². The Hall–Kier alpha value is -3.82. The lowest BCUT2D eigenvalue weighted by Crippen LogP contribution is -2.29. The van der Waals surface area contributed by atoms with Gasteiger partial charge in [-0.15, -0.1) is 0 Å². The lowest BCUT2D eigenvalue weighted by Gasteiger charge is -2.09. The van der Waals surface area contributed by atoms with Crippen molar-refractivity contribution in [3.63, 3.8) is 0 Å². The summed E-state index contributed by atoms with van der Waals surface area (Å²) in [5.74, 6) is -2.23. The van der Waals surface area contributed by atoms with E-state index in [4.69, 9.17) is 9.47 Å². The summed E-state index contributed by atoms with van der Waals surface area (Å²) in [5.41, 5.74) is 0.167. The maximum atomic E-state index is 12.2. The molecule has 2 aromatic heterocycles. The second-order valence-corrected chi connectivity index (χ2v) is 6.31. The van der Waals surface area contributed by atoms with Crippen LogP contribution in [-0.4, -0.2) is 60.0 Å². The highest BCUT2D eigenvalue weighted by Gasteiger charge is 2.16. The van der Waals surface area contributed by atoms with Crippen molar-refractivity contribution >= 4 is 23.8 Å². The molecular weight excluding hydrogens is 392 g/mol. The van der Waals surface area contributed by atoms with Crippen molar-refractivity contribution in [3.05, 3.63) is 59.2 Å². The molecule has 1 aliphatic rings. The molecule has 3 rings (SSSR count). The number of amides is 2. The fraction of sp³-hybridized carbons (Fsp3) is 0.300. The maximum absolute atomic E-state index is 12.2. The van der Waals surface area contributed by atoms with Crippen molar-refractivity contribution in [2.75, 3.05) is 26.3 Å². The molecule has 4 bridgehead atoms. The zero-order valence-electron chi connectivity index (χ0n) is 16.1. The number of cyclic esters (lactones) is 2. The second-order valence-electron chi connectivity index (χ2n) is 6.31. The van der Waals surface area contributed by atoms with Crippen molar-refractivity contribution in [3.8, 4) is 0 Å². The molecule has 0 atom stereocenters. The zero-order chi connectivity index (χ0) is 21.3. The highest BCUT2D eigenvalue weighted by molar-refractivity contribution is 5.96. The van der Waals surface area contributed by atoms with E-state index in [0.717, 1.165) is 0 Å². The van der Waals surface area contributed by atoms with E-state index in [1.54, 1.807) is 6.07 Å². The molecule has 2 amide bonds. The van der Waals surface area contributed by atoms with Crippen LogP contribution >= 0.6 is 0 Å². The first kappa shape index (κ1) is 20.9. The monoisotopic (exact) mass is 412 g/mol. The number of aromatic nitrogens is 2. The fourth-order valence-electron chi connectivity index (χ4n) is 2.56. The highest BCUT2D eigenvalue weighted by atomic mass is 16.5. The summed E-state index contributed by atoms with van der Waals surface area (Å²) in [6, 6.07) is 8.93. The summed E-state index contributed by atoms with van der Waals surface area (Å²) in [5, 5.41) is 5.31. The van der Waals surface area contributed by atoms with Gasteiger partial charge in [-0.2, -0.15) is 0 Å². The Morgan fingerprint density at radius 3 is 1.50 bits per heavy atom. The van der Waals surface area contributed by atoms with Gasteiger partial charge < -0.3 is 20.1 Å². The van der Waals surface area contributed by atoms with Crippen LogP contribution in [-0.2, 0) is 9.47 Å². The molecule has 0 aromatic carbocycles. The van der Waals surface area contributed by atoms with Gasteiger partial charge in [-0.25, -0.2) is 19.6 Å². The van der Waals surface area contributed by atoms with Gasteiger partial charge in [0, 0.05) is 13.1 Å². The quantitative estimate of drug-likeness (QED) is 0.605. The fourth-order valence-corrected chi connectivity index (χ4v) is 2.56. The van der Waals surface area contributed by atoms with Crippen LogP contribution in [0.5, 0.6) is 0 Å². The molecule has 2 N–H and O–H groups in total. The summed E-state index contributed by atoms with van der Waals surface area (Å²) >= 11 is 0. The van der Waals surface area contributed by atoms with Crippen molar-refractivity contribution < 1.29 is 28.7 Å². The number of hydrogen-bond acceptors (Lipinski definition) is 8. The Labute approximate surface area is 172 Å².